The van der Waals surface area contributed by atoms with Crippen molar-refractivity contribution in [3.63, 3.8) is 0 Å². The van der Waals surface area contributed by atoms with Crippen LogP contribution in [0.2, 0.25) is 0 Å². The third-order valence-electron chi connectivity index (χ3n) is 12.2. The summed E-state index contributed by atoms with van der Waals surface area (Å²) in [7, 11) is -3.90. The zero-order valence-electron chi connectivity index (χ0n) is 31.7. The van der Waals surface area contributed by atoms with Gasteiger partial charge in [0.05, 0.1) is 35.4 Å². The van der Waals surface area contributed by atoms with E-state index in [4.69, 9.17) is 14.2 Å². The summed E-state index contributed by atoms with van der Waals surface area (Å²) in [5.41, 5.74) is 0.0914. The largest absolute Gasteiger partial charge is 0.472 e. The molecule has 3 saturated carbocycles. The summed E-state index contributed by atoms with van der Waals surface area (Å²) in [5.74, 6) is -2.28. The molecule has 3 aliphatic carbocycles. The van der Waals surface area contributed by atoms with Crippen molar-refractivity contribution >= 4 is 44.7 Å². The molecule has 56 heavy (non-hydrogen) atoms. The summed E-state index contributed by atoms with van der Waals surface area (Å²) in [6.07, 6.45) is 7.27. The highest BCUT2D eigenvalue weighted by molar-refractivity contribution is 7.91. The maximum atomic E-state index is 14.9. The van der Waals surface area contributed by atoms with Crippen LogP contribution < -0.4 is 24.8 Å². The lowest BCUT2D eigenvalue weighted by Gasteiger charge is -2.33. The molecule has 2 saturated heterocycles. The van der Waals surface area contributed by atoms with Crippen LogP contribution in [0.5, 0.6) is 11.9 Å². The number of ether oxygens (including phenoxy) is 3. The molecule has 2 aromatic rings. The first-order valence-corrected chi connectivity index (χ1v) is 21.6. The Labute approximate surface area is 326 Å². The second kappa shape index (κ2) is 15.4. The van der Waals surface area contributed by atoms with E-state index in [1.54, 1.807) is 4.90 Å². The summed E-state index contributed by atoms with van der Waals surface area (Å²) in [5, 5.41) is 5.93. The molecule has 16 nitrogen and oxygen atoms in total. The maximum Gasteiger partial charge on any atom is 0.320 e. The number of carbonyl (C=O) groups excluding carboxylic acids is 4. The fourth-order valence-electron chi connectivity index (χ4n) is 8.77. The molecule has 3 N–H and O–H groups in total. The van der Waals surface area contributed by atoms with Crippen LogP contribution in [-0.2, 0) is 35.6 Å². The van der Waals surface area contributed by atoms with Crippen LogP contribution >= 0.6 is 0 Å². The van der Waals surface area contributed by atoms with Crippen LogP contribution in [0.4, 0.5) is 4.79 Å². The molecule has 6 bridgehead atoms. The van der Waals surface area contributed by atoms with Crippen molar-refractivity contribution in [3.05, 3.63) is 36.4 Å². The van der Waals surface area contributed by atoms with Gasteiger partial charge in [0.25, 0.3) is 5.91 Å². The van der Waals surface area contributed by atoms with E-state index in [-0.39, 0.29) is 49.3 Å². The van der Waals surface area contributed by atoms with Gasteiger partial charge >= 0.3 is 12.0 Å². The first-order valence-electron chi connectivity index (χ1n) is 20.1. The quantitative estimate of drug-likeness (QED) is 0.315. The Morgan fingerprint density at radius 1 is 1.09 bits per heavy atom. The van der Waals surface area contributed by atoms with Crippen LogP contribution in [0.3, 0.4) is 0 Å². The van der Waals surface area contributed by atoms with Crippen LogP contribution in [0.25, 0.3) is 10.9 Å². The van der Waals surface area contributed by atoms with Crippen molar-refractivity contribution in [1.82, 2.24) is 35.1 Å². The van der Waals surface area contributed by atoms with Gasteiger partial charge in [-0.3, -0.25) is 19.1 Å². The Morgan fingerprint density at radius 2 is 1.89 bits per heavy atom. The van der Waals surface area contributed by atoms with Crippen LogP contribution in [0, 0.1) is 11.8 Å². The molecule has 6 aliphatic rings. The van der Waals surface area contributed by atoms with Gasteiger partial charge in [0.15, 0.2) is 0 Å². The molecule has 3 aliphatic heterocycles. The topological polar surface area (TPSA) is 198 Å². The van der Waals surface area contributed by atoms with Crippen molar-refractivity contribution in [3.8, 4) is 11.9 Å². The zero-order chi connectivity index (χ0) is 39.2. The average molecular weight is 794 g/mol. The van der Waals surface area contributed by atoms with Crippen LogP contribution in [0.15, 0.2) is 30.9 Å². The van der Waals surface area contributed by atoms with Gasteiger partial charge in [-0.15, -0.1) is 6.58 Å². The number of benzene rings is 1. The van der Waals surface area contributed by atoms with Gasteiger partial charge in [-0.1, -0.05) is 25.0 Å². The number of amides is 5. The van der Waals surface area contributed by atoms with E-state index >= 15 is 0 Å². The highest BCUT2D eigenvalue weighted by Gasteiger charge is 2.62. The lowest BCUT2D eigenvalue weighted by molar-refractivity contribution is -0.142. The van der Waals surface area contributed by atoms with Gasteiger partial charge in [0, 0.05) is 32.0 Å². The lowest BCUT2D eigenvalue weighted by atomic mass is 9.96. The van der Waals surface area contributed by atoms with Gasteiger partial charge in [-0.2, -0.15) is 9.97 Å². The summed E-state index contributed by atoms with van der Waals surface area (Å²) < 4.78 is 46.3. The second-order valence-corrected chi connectivity index (χ2v) is 18.0. The van der Waals surface area contributed by atoms with Crippen molar-refractivity contribution in [2.45, 2.75) is 113 Å². The number of nitrogens with one attached hydrogen (secondary N) is 3. The monoisotopic (exact) mass is 793 g/mol. The molecule has 1 aromatic carbocycles. The number of aromatic nitrogens is 2. The Bertz CT molecular complexity index is 2000. The predicted octanol–water partition coefficient (Wildman–Crippen LogP) is 2.35. The van der Waals surface area contributed by atoms with Crippen LogP contribution in [0.1, 0.15) is 76.7 Å². The van der Waals surface area contributed by atoms with E-state index < -0.39 is 62.6 Å². The Morgan fingerprint density at radius 3 is 2.62 bits per heavy atom. The normalized spacial score (nSPS) is 29.9. The molecular weight excluding hydrogens is 743 g/mol. The number of fused-ring (bicyclic) bond motifs is 5. The molecule has 8 rings (SSSR count). The molecular formula is C39H51N7O9S. The van der Waals surface area contributed by atoms with Crippen molar-refractivity contribution in [2.24, 2.45) is 11.8 Å². The van der Waals surface area contributed by atoms with E-state index in [0.717, 1.165) is 44.1 Å². The standard InChI is InChI=1S/C39H51N7O9S/c1-3-25-20-39(25,36(49)44-56(51,52)28-12-13-28)43-33(47)31-19-27-22-46(31)35(48)32(24-9-5-6-10-24)41-38(50)45-16-15-26(21-45)54-17-7-8-23-11-14-30-29(18-23)34(55-27)42-37(40-30)53-4-2/h3,11,14,18,24-28,31-32H,1,4-10,12-13,15-17,19-22H2,2H3,(H,41,50)(H,43,47)(H,44,49)/t25-,26+,27-,31+,32+,39-/m1/s1. The number of hydrogen-bond donors (Lipinski definition) is 3. The van der Waals surface area contributed by atoms with E-state index in [1.807, 2.05) is 25.1 Å². The molecule has 5 amide bonds. The molecule has 5 fully saturated rings. The molecule has 6 atom stereocenters. The molecule has 0 spiro atoms. The Kier molecular flexibility index (Phi) is 10.6. The number of hydrogen-bond acceptors (Lipinski definition) is 11. The fourth-order valence-corrected chi connectivity index (χ4v) is 10.1. The molecule has 0 radical (unpaired) electrons. The smallest absolute Gasteiger partial charge is 0.320 e. The van der Waals surface area contributed by atoms with Gasteiger partial charge < -0.3 is 34.6 Å². The summed E-state index contributed by atoms with van der Waals surface area (Å²) in [6, 6.07) is 3.62. The van der Waals surface area contributed by atoms with Gasteiger partial charge in [0.2, 0.25) is 27.7 Å². The summed E-state index contributed by atoms with van der Waals surface area (Å²) in [6.45, 7) is 7.38. The summed E-state index contributed by atoms with van der Waals surface area (Å²) >= 11 is 0. The predicted molar refractivity (Wildman–Crippen MR) is 203 cm³/mol. The highest BCUT2D eigenvalue weighted by Crippen LogP contribution is 2.46. The SMILES string of the molecule is C=C[C@@H]1C[C@]1(NC(=O)[C@@H]1C[C@@H]2CN1C(=O)[C@H](C1CCCC1)NC(=O)N1CC[C@@H](C1)OCCCc1ccc3nc(OCC)nc(c3c1)O2)C(=O)NS(=O)(=O)C1CC1. The third kappa shape index (κ3) is 7.76. The van der Waals surface area contributed by atoms with Crippen molar-refractivity contribution in [1.29, 1.82) is 0 Å². The van der Waals surface area contributed by atoms with E-state index in [1.165, 1.54) is 11.0 Å². The number of carbonyl (C=O) groups is 4. The maximum absolute atomic E-state index is 14.9. The van der Waals surface area contributed by atoms with Gasteiger partial charge in [-0.05, 0) is 81.9 Å². The second-order valence-electron chi connectivity index (χ2n) is 16.1. The van der Waals surface area contributed by atoms with Crippen molar-refractivity contribution < 1.29 is 41.8 Å². The number of nitrogens with zero attached hydrogens (tertiary/aromatic N) is 4. The average Bonchev–Trinajstić information content (AvgIpc) is 3.95. The van der Waals surface area contributed by atoms with E-state index in [9.17, 15) is 27.6 Å². The highest BCUT2D eigenvalue weighted by atomic mass is 32.2. The van der Waals surface area contributed by atoms with Gasteiger partial charge in [-0.25, -0.2) is 13.2 Å². The molecule has 1 aromatic heterocycles. The first-order chi connectivity index (χ1) is 27.0. The fraction of sp³-hybridized carbons (Fsp3) is 0.641. The Hall–Kier alpha value is -4.51. The minimum absolute atomic E-state index is 0.00899. The number of sulfonamides is 1. The minimum Gasteiger partial charge on any atom is -0.472 e. The number of urea groups is 1. The molecule has 4 heterocycles. The van der Waals surface area contributed by atoms with Crippen LogP contribution in [-0.4, -0.2) is 120 Å². The minimum atomic E-state index is -3.90. The first kappa shape index (κ1) is 38.4. The molecule has 17 heteroatoms. The van der Waals surface area contributed by atoms with E-state index in [2.05, 4.69) is 31.9 Å². The molecule has 0 unspecified atom stereocenters. The lowest BCUT2D eigenvalue weighted by Crippen LogP contribution is -2.59. The third-order valence-corrected chi connectivity index (χ3v) is 14.0. The van der Waals surface area contributed by atoms with E-state index in [0.29, 0.717) is 56.5 Å². The zero-order valence-corrected chi connectivity index (χ0v) is 32.6. The summed E-state index contributed by atoms with van der Waals surface area (Å²) in [4.78, 5) is 69.1. The van der Waals surface area contributed by atoms with Crippen molar-refractivity contribution in [2.75, 3.05) is 32.8 Å². The van der Waals surface area contributed by atoms with Gasteiger partial charge in [0.1, 0.15) is 23.7 Å². The Balaban J connectivity index is 1.14. The number of aryl methyl sites for hydroxylation is 1. The molecule has 302 valence electrons. The number of rotatable bonds is 9.